The van der Waals surface area contributed by atoms with E-state index < -0.39 is 11.6 Å². The lowest BCUT2D eigenvalue weighted by Gasteiger charge is -2.41. The van der Waals surface area contributed by atoms with Crippen molar-refractivity contribution in [1.29, 1.82) is 0 Å². The maximum absolute atomic E-state index is 16.6. The van der Waals surface area contributed by atoms with Crippen LogP contribution in [0.25, 0.3) is 22.0 Å². The summed E-state index contributed by atoms with van der Waals surface area (Å²) in [6.45, 7) is 8.38. The minimum Gasteiger partial charge on any atom is -0.481 e. The third-order valence-corrected chi connectivity index (χ3v) is 8.61. The van der Waals surface area contributed by atoms with Crippen LogP contribution >= 0.6 is 11.6 Å². The monoisotopic (exact) mass is 608 g/mol. The van der Waals surface area contributed by atoms with E-state index in [1.807, 2.05) is 11.8 Å². The number of hydrogen-bond donors (Lipinski definition) is 0. The molecule has 2 aromatic carbocycles. The van der Waals surface area contributed by atoms with Gasteiger partial charge in [-0.05, 0) is 50.9 Å². The van der Waals surface area contributed by atoms with Crippen molar-refractivity contribution in [3.8, 4) is 11.3 Å². The lowest BCUT2D eigenvalue weighted by Crippen LogP contribution is -2.55. The lowest BCUT2D eigenvalue weighted by atomic mass is 9.99. The van der Waals surface area contributed by atoms with Crippen molar-refractivity contribution in [3.63, 3.8) is 0 Å². The molecular weight excluding hydrogens is 574 g/mol. The van der Waals surface area contributed by atoms with Crippen LogP contribution in [0.1, 0.15) is 25.3 Å². The second-order valence-electron chi connectivity index (χ2n) is 10.9. The molecule has 43 heavy (non-hydrogen) atoms. The first-order chi connectivity index (χ1) is 20.7. The zero-order valence-electron chi connectivity index (χ0n) is 24.6. The SMILES string of the molecule is C=CC(=O)N1CCN(C(=NC)c2cnc(-c3cccc4ccc(F)c(Cl)c34)c(F)c2N=COC[C@@H]2CCCN2C)[C@H](C)C1. The van der Waals surface area contributed by atoms with Crippen LogP contribution in [0.15, 0.2) is 59.2 Å². The average molecular weight is 609 g/mol. The zero-order valence-corrected chi connectivity index (χ0v) is 25.3. The molecule has 0 N–H and O–H groups in total. The van der Waals surface area contributed by atoms with Gasteiger partial charge < -0.3 is 19.4 Å². The first kappa shape index (κ1) is 30.6. The number of fused-ring (bicyclic) bond motifs is 1. The molecule has 226 valence electrons. The number of halogens is 3. The number of aliphatic imine (C=N–C) groups is 2. The smallest absolute Gasteiger partial charge is 0.246 e. The maximum atomic E-state index is 16.6. The van der Waals surface area contributed by atoms with E-state index in [1.54, 1.807) is 36.2 Å². The Labute approximate surface area is 255 Å². The highest BCUT2D eigenvalue weighted by molar-refractivity contribution is 6.36. The van der Waals surface area contributed by atoms with Gasteiger partial charge in [0, 0.05) is 55.9 Å². The highest BCUT2D eigenvalue weighted by atomic mass is 35.5. The van der Waals surface area contributed by atoms with Crippen molar-refractivity contribution >= 4 is 46.2 Å². The standard InChI is InChI=1S/C32H35ClF2N6O2/c1-5-26(42)40-14-15-41(20(2)17-40)32(36-3)24-16-37-30(23-10-6-8-21-11-12-25(34)28(33)27(21)23)29(35)31(24)38-19-43-18-22-9-7-13-39(22)4/h5-6,8,10-12,16,19-20,22H,1,7,9,13-15,17-18H2,2-4H3/t20-,22+/m1/s1. The highest BCUT2D eigenvalue weighted by Crippen LogP contribution is 2.38. The number of hydrogen-bond acceptors (Lipinski definition) is 6. The number of likely N-dealkylation sites (N-methyl/N-ethyl adjacent to an activating group) is 1. The average Bonchev–Trinajstić information content (AvgIpc) is 3.42. The van der Waals surface area contributed by atoms with Gasteiger partial charge in [0.2, 0.25) is 5.91 Å². The van der Waals surface area contributed by atoms with Gasteiger partial charge in [0.1, 0.15) is 29.6 Å². The molecule has 2 fully saturated rings. The van der Waals surface area contributed by atoms with Crippen LogP contribution in [0.4, 0.5) is 14.5 Å². The van der Waals surface area contributed by atoms with E-state index in [4.69, 9.17) is 16.3 Å². The van der Waals surface area contributed by atoms with E-state index in [2.05, 4.69) is 33.5 Å². The van der Waals surface area contributed by atoms with Crippen LogP contribution < -0.4 is 0 Å². The number of amidine groups is 1. The number of pyridine rings is 1. The lowest BCUT2D eigenvalue weighted by molar-refractivity contribution is -0.128. The molecule has 2 atom stereocenters. The molecule has 2 aliphatic rings. The van der Waals surface area contributed by atoms with E-state index in [1.165, 1.54) is 24.7 Å². The topological polar surface area (TPSA) is 73.6 Å². The van der Waals surface area contributed by atoms with Gasteiger partial charge in [0.25, 0.3) is 0 Å². The Morgan fingerprint density at radius 1 is 1.23 bits per heavy atom. The molecule has 3 heterocycles. The summed E-state index contributed by atoms with van der Waals surface area (Å²) in [7, 11) is 3.68. The Morgan fingerprint density at radius 2 is 2.05 bits per heavy atom. The fourth-order valence-electron chi connectivity index (χ4n) is 5.90. The van der Waals surface area contributed by atoms with Gasteiger partial charge in [-0.3, -0.25) is 14.8 Å². The molecule has 3 aromatic rings. The minimum atomic E-state index is -0.711. The summed E-state index contributed by atoms with van der Waals surface area (Å²) in [5.74, 6) is -0.969. The molecule has 0 bridgehead atoms. The van der Waals surface area contributed by atoms with Crippen molar-refractivity contribution in [2.75, 3.05) is 46.9 Å². The van der Waals surface area contributed by atoms with E-state index in [9.17, 15) is 9.18 Å². The molecule has 8 nitrogen and oxygen atoms in total. The normalized spacial score (nSPS) is 19.9. The third-order valence-electron chi connectivity index (χ3n) is 8.24. The summed E-state index contributed by atoms with van der Waals surface area (Å²) in [5, 5.41) is 0.906. The largest absolute Gasteiger partial charge is 0.481 e. The first-order valence-electron chi connectivity index (χ1n) is 14.3. The van der Waals surface area contributed by atoms with E-state index >= 15 is 4.39 Å². The zero-order chi connectivity index (χ0) is 30.7. The number of carbonyl (C=O) groups excluding carboxylic acids is 1. The van der Waals surface area contributed by atoms with Crippen molar-refractivity contribution in [3.05, 3.63) is 71.4 Å². The van der Waals surface area contributed by atoms with E-state index in [0.717, 1.165) is 19.4 Å². The molecule has 1 amide bonds. The number of rotatable bonds is 7. The van der Waals surface area contributed by atoms with Crippen LogP contribution in [0, 0.1) is 11.6 Å². The number of nitrogens with zero attached hydrogens (tertiary/aromatic N) is 6. The van der Waals surface area contributed by atoms with Crippen LogP contribution in [-0.2, 0) is 9.53 Å². The Morgan fingerprint density at radius 3 is 2.74 bits per heavy atom. The molecule has 0 aliphatic carbocycles. The molecule has 0 saturated carbocycles. The second kappa shape index (κ2) is 13.2. The van der Waals surface area contributed by atoms with Gasteiger partial charge in [-0.1, -0.05) is 42.4 Å². The molecule has 0 spiro atoms. The minimum absolute atomic E-state index is 0.00768. The van der Waals surface area contributed by atoms with Crippen LogP contribution in [0.3, 0.4) is 0 Å². The third kappa shape index (κ3) is 6.12. The van der Waals surface area contributed by atoms with E-state index in [0.29, 0.717) is 54.0 Å². The molecule has 1 aromatic heterocycles. The number of amides is 1. The Bertz CT molecular complexity index is 1600. The Kier molecular flexibility index (Phi) is 9.37. The fourth-order valence-corrected chi connectivity index (χ4v) is 6.17. The first-order valence-corrected chi connectivity index (χ1v) is 14.7. The van der Waals surface area contributed by atoms with Gasteiger partial charge in [-0.2, -0.15) is 0 Å². The Balaban J connectivity index is 1.56. The number of aromatic nitrogens is 1. The Hall–Kier alpha value is -3.89. The number of ether oxygens (including phenoxy) is 1. The predicted molar refractivity (Wildman–Crippen MR) is 167 cm³/mol. The highest BCUT2D eigenvalue weighted by Gasteiger charge is 2.31. The van der Waals surface area contributed by atoms with Gasteiger partial charge in [0.15, 0.2) is 12.2 Å². The molecular formula is C32H35ClF2N6O2. The summed E-state index contributed by atoms with van der Waals surface area (Å²) < 4.78 is 36.9. The molecule has 0 radical (unpaired) electrons. The quantitative estimate of drug-likeness (QED) is 0.195. The molecule has 11 heteroatoms. The van der Waals surface area contributed by atoms with Crippen molar-refractivity contribution in [2.24, 2.45) is 9.98 Å². The summed E-state index contributed by atoms with van der Waals surface area (Å²) in [4.78, 5) is 31.7. The van der Waals surface area contributed by atoms with Crippen LogP contribution in [0.2, 0.25) is 5.02 Å². The molecule has 2 aliphatic heterocycles. The van der Waals surface area contributed by atoms with Crippen molar-refractivity contribution < 1.29 is 18.3 Å². The molecule has 5 rings (SSSR count). The van der Waals surface area contributed by atoms with Crippen molar-refractivity contribution in [2.45, 2.75) is 31.8 Å². The van der Waals surface area contributed by atoms with Gasteiger partial charge >= 0.3 is 0 Å². The van der Waals surface area contributed by atoms with Gasteiger partial charge in [-0.25, -0.2) is 13.8 Å². The number of benzene rings is 2. The van der Waals surface area contributed by atoms with Crippen LogP contribution in [0.5, 0.6) is 0 Å². The summed E-state index contributed by atoms with van der Waals surface area (Å²) in [6, 6.07) is 8.21. The number of carbonyl (C=O) groups is 1. The van der Waals surface area contributed by atoms with E-state index in [-0.39, 0.29) is 34.4 Å². The fraction of sp³-hybridized carbons (Fsp3) is 0.375. The number of piperazine rings is 1. The second-order valence-corrected chi connectivity index (χ2v) is 11.2. The summed E-state index contributed by atoms with van der Waals surface area (Å²) in [6.07, 6.45) is 6.22. The molecule has 2 saturated heterocycles. The predicted octanol–water partition coefficient (Wildman–Crippen LogP) is 5.70. The summed E-state index contributed by atoms with van der Waals surface area (Å²) >= 11 is 6.38. The number of likely N-dealkylation sites (tertiary alicyclic amines) is 1. The van der Waals surface area contributed by atoms with Crippen molar-refractivity contribution in [1.82, 2.24) is 19.7 Å². The summed E-state index contributed by atoms with van der Waals surface area (Å²) in [5.41, 5.74) is 0.687. The maximum Gasteiger partial charge on any atom is 0.246 e. The molecule has 0 unspecified atom stereocenters. The van der Waals surface area contributed by atoms with Crippen LogP contribution in [-0.4, -0.2) is 96.8 Å². The van der Waals surface area contributed by atoms with Gasteiger partial charge in [-0.15, -0.1) is 0 Å². The van der Waals surface area contributed by atoms with Gasteiger partial charge in [0.05, 0.1) is 10.6 Å².